The zero-order valence-electron chi connectivity index (χ0n) is 9.06. The number of nitrogens with one attached hydrogen (secondary N) is 1. The summed E-state index contributed by atoms with van der Waals surface area (Å²) < 4.78 is 0.669. The molecule has 0 aromatic rings. The molecule has 0 unspecified atom stereocenters. The molecule has 0 bridgehead atoms. The third-order valence-corrected chi connectivity index (χ3v) is 1.13. The van der Waals surface area contributed by atoms with Gasteiger partial charge in [0.05, 0.1) is 21.1 Å². The lowest BCUT2D eigenvalue weighted by atomic mass is 10.1. The Bertz CT molecular complexity index is 144. The SMILES string of the molecule is CC(C)(C)NC(=O)C[N+](C)(C)C. The van der Waals surface area contributed by atoms with E-state index in [2.05, 4.69) is 5.32 Å². The minimum absolute atomic E-state index is 0.106. The van der Waals surface area contributed by atoms with E-state index in [9.17, 15) is 4.79 Å². The van der Waals surface area contributed by atoms with Crippen molar-refractivity contribution >= 4 is 5.91 Å². The number of nitrogens with zero attached hydrogens (tertiary/aromatic N) is 1. The van der Waals surface area contributed by atoms with Crippen LogP contribution in [0.1, 0.15) is 20.8 Å². The molecule has 3 nitrogen and oxygen atoms in total. The van der Waals surface area contributed by atoms with E-state index >= 15 is 0 Å². The molecule has 3 heteroatoms. The third kappa shape index (κ3) is 7.54. The predicted octanol–water partition coefficient (Wildman–Crippen LogP) is 0.607. The zero-order valence-corrected chi connectivity index (χ0v) is 9.06. The molecule has 0 aromatic heterocycles. The highest BCUT2D eigenvalue weighted by Crippen LogP contribution is 1.99. The smallest absolute Gasteiger partial charge is 0.275 e. The maximum absolute atomic E-state index is 11.3. The molecular formula is C9H21N2O+. The Kier molecular flexibility index (Phi) is 3.27. The first-order valence-electron chi connectivity index (χ1n) is 4.22. The van der Waals surface area contributed by atoms with Crippen molar-refractivity contribution in [3.05, 3.63) is 0 Å². The first-order valence-corrected chi connectivity index (χ1v) is 4.22. The van der Waals surface area contributed by atoms with E-state index in [4.69, 9.17) is 0 Å². The van der Waals surface area contributed by atoms with Crippen LogP contribution in [0.3, 0.4) is 0 Å². The lowest BCUT2D eigenvalue weighted by Gasteiger charge is -2.26. The summed E-state index contributed by atoms with van der Waals surface area (Å²) in [5.74, 6) is 0.106. The summed E-state index contributed by atoms with van der Waals surface area (Å²) in [5, 5.41) is 2.92. The number of carbonyl (C=O) groups excluding carboxylic acids is 1. The Labute approximate surface area is 75.3 Å². The molecule has 0 aliphatic rings. The second kappa shape index (κ2) is 3.44. The largest absolute Gasteiger partial charge is 0.347 e. The number of likely N-dealkylation sites (N-methyl/N-ethyl adjacent to an activating group) is 1. The molecule has 0 rings (SSSR count). The Hall–Kier alpha value is -0.570. The van der Waals surface area contributed by atoms with Crippen LogP contribution >= 0.6 is 0 Å². The van der Waals surface area contributed by atoms with Crippen LogP contribution < -0.4 is 5.32 Å². The van der Waals surface area contributed by atoms with Crippen LogP contribution in [-0.4, -0.2) is 43.6 Å². The van der Waals surface area contributed by atoms with Crippen molar-refractivity contribution < 1.29 is 9.28 Å². The molecule has 1 amide bonds. The molecule has 0 aromatic carbocycles. The fourth-order valence-corrected chi connectivity index (χ4v) is 0.889. The average Bonchev–Trinajstić information content (AvgIpc) is 1.49. The Morgan fingerprint density at radius 1 is 1.25 bits per heavy atom. The zero-order chi connectivity index (χ0) is 9.99. The van der Waals surface area contributed by atoms with E-state index < -0.39 is 0 Å². The van der Waals surface area contributed by atoms with Crippen LogP contribution in [0.25, 0.3) is 0 Å². The molecule has 0 atom stereocenters. The van der Waals surface area contributed by atoms with Gasteiger partial charge in [0.2, 0.25) is 0 Å². The standard InChI is InChI=1S/C9H20N2O/c1-9(2,3)10-8(12)7-11(4,5)6/h7H2,1-6H3/p+1. The molecule has 0 radical (unpaired) electrons. The summed E-state index contributed by atoms with van der Waals surface area (Å²) >= 11 is 0. The molecule has 0 fully saturated rings. The molecule has 0 saturated heterocycles. The quantitative estimate of drug-likeness (QED) is 0.609. The second-order valence-electron chi connectivity index (χ2n) is 5.25. The number of hydrogen-bond donors (Lipinski definition) is 1. The molecule has 0 heterocycles. The first-order chi connectivity index (χ1) is 5.10. The van der Waals surface area contributed by atoms with Crippen molar-refractivity contribution in [1.82, 2.24) is 5.32 Å². The minimum Gasteiger partial charge on any atom is -0.347 e. The summed E-state index contributed by atoms with van der Waals surface area (Å²) in [6, 6.07) is 0. The van der Waals surface area contributed by atoms with E-state index in [-0.39, 0.29) is 11.4 Å². The highest BCUT2D eigenvalue weighted by atomic mass is 16.2. The summed E-state index contributed by atoms with van der Waals surface area (Å²) in [4.78, 5) is 11.3. The number of carbonyl (C=O) groups is 1. The summed E-state index contributed by atoms with van der Waals surface area (Å²) in [6.07, 6.45) is 0. The van der Waals surface area contributed by atoms with E-state index in [0.29, 0.717) is 11.0 Å². The van der Waals surface area contributed by atoms with E-state index in [1.165, 1.54) is 0 Å². The van der Waals surface area contributed by atoms with Gasteiger partial charge in [-0.2, -0.15) is 0 Å². The Morgan fingerprint density at radius 3 is 1.92 bits per heavy atom. The minimum atomic E-state index is -0.119. The molecule has 0 saturated carbocycles. The maximum Gasteiger partial charge on any atom is 0.275 e. The van der Waals surface area contributed by atoms with Crippen molar-refractivity contribution in [3.63, 3.8) is 0 Å². The normalized spacial score (nSPS) is 12.8. The lowest BCUT2D eigenvalue weighted by molar-refractivity contribution is -0.862. The van der Waals surface area contributed by atoms with Crippen molar-refractivity contribution in [1.29, 1.82) is 0 Å². The van der Waals surface area contributed by atoms with Gasteiger partial charge in [-0.3, -0.25) is 4.79 Å². The number of hydrogen-bond acceptors (Lipinski definition) is 1. The van der Waals surface area contributed by atoms with Crippen molar-refractivity contribution in [2.75, 3.05) is 27.7 Å². The fourth-order valence-electron chi connectivity index (χ4n) is 0.889. The molecule has 12 heavy (non-hydrogen) atoms. The van der Waals surface area contributed by atoms with Gasteiger partial charge in [-0.1, -0.05) is 0 Å². The van der Waals surface area contributed by atoms with Crippen LogP contribution in [-0.2, 0) is 4.79 Å². The van der Waals surface area contributed by atoms with E-state index in [1.807, 2.05) is 41.9 Å². The summed E-state index contributed by atoms with van der Waals surface area (Å²) in [5.41, 5.74) is -0.119. The fraction of sp³-hybridized carbons (Fsp3) is 0.889. The average molecular weight is 173 g/mol. The Balaban J connectivity index is 3.92. The predicted molar refractivity (Wildman–Crippen MR) is 50.8 cm³/mol. The molecule has 0 spiro atoms. The highest BCUT2D eigenvalue weighted by molar-refractivity contribution is 5.77. The molecule has 72 valence electrons. The topological polar surface area (TPSA) is 29.1 Å². The van der Waals surface area contributed by atoms with Gasteiger partial charge in [0.1, 0.15) is 0 Å². The van der Waals surface area contributed by atoms with Gasteiger partial charge in [0, 0.05) is 5.54 Å². The van der Waals surface area contributed by atoms with Gasteiger partial charge in [-0.25, -0.2) is 0 Å². The van der Waals surface area contributed by atoms with Crippen molar-refractivity contribution in [2.45, 2.75) is 26.3 Å². The molecular weight excluding hydrogens is 152 g/mol. The molecule has 0 aliphatic heterocycles. The maximum atomic E-state index is 11.3. The lowest BCUT2D eigenvalue weighted by Crippen LogP contribution is -2.49. The number of amides is 1. The van der Waals surface area contributed by atoms with Crippen LogP contribution in [0.4, 0.5) is 0 Å². The van der Waals surface area contributed by atoms with Gasteiger partial charge in [-0.05, 0) is 20.8 Å². The second-order valence-corrected chi connectivity index (χ2v) is 5.25. The van der Waals surface area contributed by atoms with Crippen molar-refractivity contribution in [3.8, 4) is 0 Å². The van der Waals surface area contributed by atoms with E-state index in [1.54, 1.807) is 0 Å². The summed E-state index contributed by atoms with van der Waals surface area (Å²) in [6.45, 7) is 6.49. The number of quaternary nitrogens is 1. The first kappa shape index (κ1) is 11.4. The number of rotatable bonds is 2. The third-order valence-electron chi connectivity index (χ3n) is 1.13. The van der Waals surface area contributed by atoms with Gasteiger partial charge in [0.25, 0.3) is 5.91 Å². The van der Waals surface area contributed by atoms with Crippen molar-refractivity contribution in [2.24, 2.45) is 0 Å². The summed E-state index contributed by atoms with van der Waals surface area (Å²) in [7, 11) is 6.01. The van der Waals surface area contributed by atoms with Crippen LogP contribution in [0.2, 0.25) is 0 Å². The van der Waals surface area contributed by atoms with Crippen LogP contribution in [0.15, 0.2) is 0 Å². The molecule has 0 aliphatic carbocycles. The van der Waals surface area contributed by atoms with Gasteiger partial charge < -0.3 is 9.80 Å². The van der Waals surface area contributed by atoms with Crippen LogP contribution in [0.5, 0.6) is 0 Å². The van der Waals surface area contributed by atoms with Crippen LogP contribution in [0, 0.1) is 0 Å². The van der Waals surface area contributed by atoms with Gasteiger partial charge >= 0.3 is 0 Å². The molecule has 1 N–H and O–H groups in total. The van der Waals surface area contributed by atoms with Gasteiger partial charge in [-0.15, -0.1) is 0 Å². The van der Waals surface area contributed by atoms with Gasteiger partial charge in [0.15, 0.2) is 6.54 Å². The van der Waals surface area contributed by atoms with E-state index in [0.717, 1.165) is 0 Å². The highest BCUT2D eigenvalue weighted by Gasteiger charge is 2.19. The Morgan fingerprint density at radius 2 is 1.67 bits per heavy atom. The monoisotopic (exact) mass is 173 g/mol.